The largest absolute Gasteiger partial charge is 0.574 e. The maximum absolute atomic E-state index is 8.75. The van der Waals surface area contributed by atoms with Gasteiger partial charge in [0.25, 0.3) is 0 Å². The van der Waals surface area contributed by atoms with Crippen molar-refractivity contribution in [2.75, 3.05) is 61.2 Å². The molecule has 1 fully saturated rings. The van der Waals surface area contributed by atoms with Crippen LogP contribution in [-0.4, -0.2) is 69.3 Å². The van der Waals surface area contributed by atoms with Crippen molar-refractivity contribution in [3.63, 3.8) is 0 Å². The number of aromatic nitrogens is 2. The summed E-state index contributed by atoms with van der Waals surface area (Å²) in [5, 5.41) is 12.1. The van der Waals surface area contributed by atoms with Gasteiger partial charge in [-0.3, -0.25) is 9.97 Å². The molecule has 224 valence electrons. The van der Waals surface area contributed by atoms with Crippen LogP contribution in [0.2, 0.25) is 25.7 Å². The van der Waals surface area contributed by atoms with Crippen LogP contribution in [0.4, 0.5) is 17.2 Å². The summed E-state index contributed by atoms with van der Waals surface area (Å²) in [4.78, 5) is 12.9. The molecule has 3 aliphatic heterocycles. The molecule has 0 bridgehead atoms. The maximum Gasteiger partial charge on any atom is 0.119 e. The number of pyridine rings is 2. The molecule has 2 aromatic heterocycles. The molecule has 5 rings (SSSR count). The molecule has 0 aliphatic carbocycles. The summed E-state index contributed by atoms with van der Waals surface area (Å²) in [6.07, 6.45) is 5.55. The Hall–Kier alpha value is 1.93. The van der Waals surface area contributed by atoms with Crippen molar-refractivity contribution in [2.45, 2.75) is 38.5 Å². The summed E-state index contributed by atoms with van der Waals surface area (Å²) in [5.41, 5.74) is 3.28. The van der Waals surface area contributed by atoms with Crippen LogP contribution in [0.15, 0.2) is 24.5 Å². The average molecular weight is 1590 g/mol. The summed E-state index contributed by atoms with van der Waals surface area (Å²) in [6, 6.07) is 11.0. The second-order valence-electron chi connectivity index (χ2n) is 9.48. The predicted octanol–water partition coefficient (Wildman–Crippen LogP) is 3.76. The number of nitrogens with zero attached hydrogens (tertiary/aromatic N) is 4. The molecule has 0 atom stereocenters. The van der Waals surface area contributed by atoms with Crippen LogP contribution in [0, 0.1) is 25.3 Å². The Kier molecular flexibility index (Phi) is 33.3. The first-order valence-electron chi connectivity index (χ1n) is 11.9. The van der Waals surface area contributed by atoms with Gasteiger partial charge in [-0.25, -0.2) is 24.3 Å². The number of aryl methyl sites for hydroxylation is 1. The minimum atomic E-state index is -0.992. The van der Waals surface area contributed by atoms with Gasteiger partial charge in [-0.05, 0) is 31.1 Å². The zero-order valence-electron chi connectivity index (χ0n) is 23.0. The van der Waals surface area contributed by atoms with Crippen LogP contribution in [0.25, 0.3) is 0 Å². The van der Waals surface area contributed by atoms with Gasteiger partial charge in [0.15, 0.2) is 0 Å². The fourth-order valence-corrected chi connectivity index (χ4v) is 4.30. The Labute approximate surface area is 327 Å². The molecule has 3 aliphatic rings. The number of fused-ring (bicyclic) bond motifs is 2. The molecule has 0 amide bonds. The van der Waals surface area contributed by atoms with Gasteiger partial charge < -0.3 is 29.7 Å². The molecule has 2 aromatic rings. The Balaban J connectivity index is -0.000000263. The van der Waals surface area contributed by atoms with E-state index in [0.717, 1.165) is 68.6 Å². The maximum atomic E-state index is 8.75. The number of rotatable bonds is 7. The molecule has 0 saturated carbocycles. The zero-order valence-corrected chi connectivity index (χ0v) is 41.6. The summed E-state index contributed by atoms with van der Waals surface area (Å²) in [5.74, 6) is 0.980. The van der Waals surface area contributed by atoms with E-state index in [9.17, 15) is 0 Å². The molecule has 1 saturated heterocycles. The van der Waals surface area contributed by atoms with E-state index in [-0.39, 0.29) is 126 Å². The van der Waals surface area contributed by atoms with Crippen molar-refractivity contribution in [1.29, 1.82) is 0 Å². The van der Waals surface area contributed by atoms with E-state index in [1.54, 1.807) is 19.0 Å². The fourth-order valence-electron chi connectivity index (χ4n) is 3.54. The van der Waals surface area contributed by atoms with Gasteiger partial charge in [0.2, 0.25) is 0 Å². The zero-order chi connectivity index (χ0) is 24.2. The summed E-state index contributed by atoms with van der Waals surface area (Å²) in [7, 11) is -0.992. The second kappa shape index (κ2) is 27.3. The molecule has 8 nitrogen and oxygen atoms in total. The van der Waals surface area contributed by atoms with Crippen LogP contribution < -0.4 is 15.1 Å². The smallest absolute Gasteiger partial charge is 0.119 e. The van der Waals surface area contributed by atoms with Crippen LogP contribution in [0.3, 0.4) is 0 Å². The van der Waals surface area contributed by atoms with Gasteiger partial charge in [0.1, 0.15) is 6.73 Å². The van der Waals surface area contributed by atoms with Gasteiger partial charge in [0.05, 0.1) is 5.82 Å². The standard InChI is InChI=1S/C13H22N3OSi.C10H12N2O.C2H3O.6W/c1-18(2,3)10-9-17-11-16-8-7-14-12-5-4-6-15-13(12)16;13-8-7-12-6-2-3-9-10(12)4-1-5-11-9;1-2-3-1;;;;;;/h5-6,14H,7-11H2,1-3H3;4-5,8,13H,2-3,6-7H2;1H,2H2;;;;;;/q-1;-2;-1;;;;;;. The summed E-state index contributed by atoms with van der Waals surface area (Å²) in [6.45, 7) is 15.8. The minimum absolute atomic E-state index is 0. The molecular weight excluding hydrogens is 1550 g/mol. The van der Waals surface area contributed by atoms with Gasteiger partial charge in [-0.1, -0.05) is 50.0 Å². The normalized spacial score (nSPS) is 13.7. The van der Waals surface area contributed by atoms with Crippen LogP contribution >= 0.6 is 0 Å². The summed E-state index contributed by atoms with van der Waals surface area (Å²) < 4.78 is 10.2. The van der Waals surface area contributed by atoms with Crippen LogP contribution in [0.5, 0.6) is 0 Å². The molecule has 0 unspecified atom stereocenters. The molecule has 2 N–H and O–H groups in total. The number of hydrogen-bond donors (Lipinski definition) is 2. The molecule has 40 heavy (non-hydrogen) atoms. The first-order chi connectivity index (χ1) is 16.5. The average Bonchev–Trinajstić information content (AvgIpc) is 3.72. The molecule has 0 spiro atoms. The van der Waals surface area contributed by atoms with E-state index in [1.807, 2.05) is 12.1 Å². The monoisotopic (exact) mass is 1590 g/mol. The van der Waals surface area contributed by atoms with Crippen LogP contribution in [0.1, 0.15) is 12.1 Å². The first kappa shape index (κ1) is 48.8. The van der Waals surface area contributed by atoms with E-state index in [1.165, 1.54) is 12.7 Å². The molecular formula is C25H37N5O3SiW6-4. The minimum Gasteiger partial charge on any atom is -0.574 e. The first-order valence-corrected chi connectivity index (χ1v) is 15.6. The van der Waals surface area contributed by atoms with Crippen molar-refractivity contribution in [3.8, 4) is 0 Å². The quantitative estimate of drug-likeness (QED) is 0.188. The van der Waals surface area contributed by atoms with Crippen molar-refractivity contribution < 1.29 is 141 Å². The fraction of sp³-hybridized carbons (Fsp3) is 0.520. The van der Waals surface area contributed by atoms with E-state index >= 15 is 0 Å². The van der Waals surface area contributed by atoms with E-state index < -0.39 is 8.07 Å². The molecule has 0 aromatic carbocycles. The number of aliphatic hydroxyl groups is 1. The van der Waals surface area contributed by atoms with Gasteiger partial charge in [0, 0.05) is 154 Å². The van der Waals surface area contributed by atoms with E-state index in [2.05, 4.69) is 61.6 Å². The summed E-state index contributed by atoms with van der Waals surface area (Å²) >= 11 is 0. The Morgan fingerprint density at radius 2 is 1.70 bits per heavy atom. The number of nitrogens with one attached hydrogen (secondary N) is 1. The molecule has 0 radical (unpaired) electrons. The van der Waals surface area contributed by atoms with Crippen molar-refractivity contribution in [2.24, 2.45) is 0 Å². The number of ether oxygens (including phenoxy) is 2. The SMILES string of the molecule is C[Si](C)(C)CCOCN1CCNc2c[c-]cnc21.O[CH-]CN1CCCc2nc[c-]cc21.[CH-]1CO1.[W].[W].[W].[W].[W].[W]. The molecule has 15 heteroatoms. The Morgan fingerprint density at radius 1 is 1.05 bits per heavy atom. The number of epoxide rings is 1. The predicted molar refractivity (Wildman–Crippen MR) is 138 cm³/mol. The van der Waals surface area contributed by atoms with Crippen molar-refractivity contribution in [1.82, 2.24) is 9.97 Å². The third-order valence-corrected chi connectivity index (χ3v) is 7.14. The topological polar surface area (TPSA) is 86.3 Å². The van der Waals surface area contributed by atoms with E-state index in [4.69, 9.17) is 9.84 Å². The third kappa shape index (κ3) is 19.3. The Morgan fingerprint density at radius 3 is 2.33 bits per heavy atom. The van der Waals surface area contributed by atoms with Crippen molar-refractivity contribution >= 4 is 25.3 Å². The molecule has 5 heterocycles. The number of anilines is 3. The van der Waals surface area contributed by atoms with Crippen molar-refractivity contribution in [3.05, 3.63) is 55.6 Å². The second-order valence-corrected chi connectivity index (χ2v) is 15.1. The Bertz CT molecular complexity index is 884. The third-order valence-electron chi connectivity index (χ3n) is 5.43. The van der Waals surface area contributed by atoms with Gasteiger partial charge >= 0.3 is 0 Å². The van der Waals surface area contributed by atoms with Gasteiger partial charge in [-0.2, -0.15) is 13.2 Å². The number of hydrogen-bond acceptors (Lipinski definition) is 8. The number of aliphatic hydroxyl groups excluding tert-OH is 1. The van der Waals surface area contributed by atoms with Crippen LogP contribution in [-0.2, 0) is 142 Å². The van der Waals surface area contributed by atoms with E-state index in [0.29, 0.717) is 13.3 Å². The van der Waals surface area contributed by atoms with Gasteiger partial charge in [-0.15, -0.1) is 6.54 Å².